The van der Waals surface area contributed by atoms with Gasteiger partial charge in [-0.3, -0.25) is 0 Å². The van der Waals surface area contributed by atoms with Crippen LogP contribution in [0.5, 0.6) is 0 Å². The third-order valence-electron chi connectivity index (χ3n) is 3.71. The summed E-state index contributed by atoms with van der Waals surface area (Å²) in [5, 5.41) is 14.0. The molecule has 1 N–H and O–H groups in total. The molecule has 0 unspecified atom stereocenters. The van der Waals surface area contributed by atoms with Crippen molar-refractivity contribution in [3.8, 4) is 11.5 Å². The molecule has 0 aliphatic heterocycles. The number of benzene rings is 3. The number of nitrogens with zero attached hydrogens (tertiary/aromatic N) is 2. The van der Waals surface area contributed by atoms with Crippen molar-refractivity contribution in [3.63, 3.8) is 0 Å². The Kier molecular flexibility index (Phi) is 3.48. The van der Waals surface area contributed by atoms with Crippen molar-refractivity contribution in [1.29, 1.82) is 0 Å². The van der Waals surface area contributed by atoms with Gasteiger partial charge >= 0.3 is 0 Å². The predicted octanol–water partition coefficient (Wildman–Crippen LogP) is 4.50. The summed E-state index contributed by atoms with van der Waals surface area (Å²) in [5.74, 6) is 1.11. The minimum absolute atomic E-state index is 0.494. The maximum Gasteiger partial charge on any atom is 0.247 e. The van der Waals surface area contributed by atoms with Gasteiger partial charge in [0.1, 0.15) is 0 Å². The highest BCUT2D eigenvalue weighted by Crippen LogP contribution is 2.24. The maximum atomic E-state index is 5.72. The van der Waals surface area contributed by atoms with E-state index in [4.69, 9.17) is 4.42 Å². The van der Waals surface area contributed by atoms with Crippen LogP contribution >= 0.6 is 0 Å². The van der Waals surface area contributed by atoms with Gasteiger partial charge in [-0.1, -0.05) is 54.6 Å². The van der Waals surface area contributed by atoms with E-state index in [1.165, 1.54) is 10.8 Å². The van der Waals surface area contributed by atoms with Gasteiger partial charge in [0.25, 0.3) is 0 Å². The van der Waals surface area contributed by atoms with Crippen molar-refractivity contribution < 1.29 is 4.42 Å². The Bertz CT molecular complexity index is 926. The molecule has 0 saturated carbocycles. The Morgan fingerprint density at radius 3 is 2.48 bits per heavy atom. The van der Waals surface area contributed by atoms with E-state index < -0.39 is 0 Å². The number of nitrogens with one attached hydrogen (secondary N) is 1. The molecular weight excluding hydrogens is 286 g/mol. The average Bonchev–Trinajstić information content (AvgIpc) is 3.10. The van der Waals surface area contributed by atoms with Gasteiger partial charge in [0.2, 0.25) is 11.8 Å². The van der Waals surface area contributed by atoms with Crippen LogP contribution in [0, 0.1) is 0 Å². The second-order valence-electron chi connectivity index (χ2n) is 5.25. The molecule has 0 bridgehead atoms. The quantitative estimate of drug-likeness (QED) is 0.603. The van der Waals surface area contributed by atoms with Crippen molar-refractivity contribution in [2.75, 3.05) is 5.32 Å². The first-order valence-corrected chi connectivity index (χ1v) is 7.49. The molecule has 0 atom stereocenters. The van der Waals surface area contributed by atoms with Crippen LogP contribution in [-0.4, -0.2) is 10.2 Å². The number of aromatic nitrogens is 2. The first-order chi connectivity index (χ1) is 11.4. The molecule has 0 saturated heterocycles. The fourth-order valence-corrected chi connectivity index (χ4v) is 2.57. The zero-order chi connectivity index (χ0) is 15.5. The third-order valence-corrected chi connectivity index (χ3v) is 3.71. The van der Waals surface area contributed by atoms with Gasteiger partial charge in [-0.05, 0) is 23.6 Å². The number of hydrogen-bond acceptors (Lipinski definition) is 4. The summed E-state index contributed by atoms with van der Waals surface area (Å²) in [6, 6.07) is 24.2. The molecule has 1 aromatic heterocycles. The highest BCUT2D eigenvalue weighted by atomic mass is 16.4. The zero-order valence-electron chi connectivity index (χ0n) is 12.4. The zero-order valence-corrected chi connectivity index (χ0v) is 12.4. The van der Waals surface area contributed by atoms with E-state index in [0.717, 1.165) is 11.3 Å². The molecule has 0 fully saturated rings. The lowest BCUT2D eigenvalue weighted by Gasteiger charge is -2.07. The van der Waals surface area contributed by atoms with E-state index in [1.54, 1.807) is 0 Å². The number of fused-ring (bicyclic) bond motifs is 1. The van der Waals surface area contributed by atoms with Crippen LogP contribution in [0.4, 0.5) is 5.69 Å². The maximum absolute atomic E-state index is 5.72. The first-order valence-electron chi connectivity index (χ1n) is 7.49. The summed E-state index contributed by atoms with van der Waals surface area (Å²) >= 11 is 0. The van der Waals surface area contributed by atoms with E-state index in [2.05, 4.69) is 39.8 Å². The first kappa shape index (κ1) is 13.5. The van der Waals surface area contributed by atoms with Gasteiger partial charge in [-0.15, -0.1) is 10.2 Å². The monoisotopic (exact) mass is 301 g/mol. The molecule has 112 valence electrons. The Hall–Kier alpha value is -3.14. The van der Waals surface area contributed by atoms with Gasteiger partial charge in [-0.25, -0.2) is 0 Å². The van der Waals surface area contributed by atoms with Crippen molar-refractivity contribution in [3.05, 3.63) is 78.7 Å². The van der Waals surface area contributed by atoms with E-state index in [9.17, 15) is 0 Å². The minimum atomic E-state index is 0.494. The highest BCUT2D eigenvalue weighted by Gasteiger charge is 2.08. The van der Waals surface area contributed by atoms with Gasteiger partial charge in [-0.2, -0.15) is 0 Å². The van der Waals surface area contributed by atoms with Gasteiger partial charge in [0.05, 0.1) is 6.54 Å². The van der Waals surface area contributed by atoms with Crippen LogP contribution in [0.25, 0.3) is 22.2 Å². The van der Waals surface area contributed by atoms with Crippen LogP contribution in [0.15, 0.2) is 77.2 Å². The summed E-state index contributed by atoms with van der Waals surface area (Å²) in [6.45, 7) is 0.494. The Balaban J connectivity index is 1.54. The molecule has 4 nitrogen and oxygen atoms in total. The lowest BCUT2D eigenvalue weighted by molar-refractivity contribution is 0.515. The lowest BCUT2D eigenvalue weighted by Crippen LogP contribution is -2.00. The SMILES string of the molecule is c1ccc(-c2nnc(CNc3cccc4ccccc34)o2)cc1. The highest BCUT2D eigenvalue weighted by molar-refractivity contribution is 5.93. The summed E-state index contributed by atoms with van der Waals surface area (Å²) in [5.41, 5.74) is 1.99. The molecule has 3 aromatic carbocycles. The summed E-state index contributed by atoms with van der Waals surface area (Å²) < 4.78 is 5.72. The molecule has 4 aromatic rings. The van der Waals surface area contributed by atoms with Crippen molar-refractivity contribution in [2.24, 2.45) is 0 Å². The van der Waals surface area contributed by atoms with Crippen molar-refractivity contribution >= 4 is 16.5 Å². The molecule has 0 aliphatic rings. The van der Waals surface area contributed by atoms with Crippen molar-refractivity contribution in [1.82, 2.24) is 10.2 Å². The van der Waals surface area contributed by atoms with Crippen molar-refractivity contribution in [2.45, 2.75) is 6.54 Å². The van der Waals surface area contributed by atoms with Crippen LogP contribution in [-0.2, 0) is 6.54 Å². The lowest BCUT2D eigenvalue weighted by atomic mass is 10.1. The van der Waals surface area contributed by atoms with E-state index in [1.807, 2.05) is 48.5 Å². The minimum Gasteiger partial charge on any atom is -0.419 e. The molecular formula is C19H15N3O. The standard InChI is InChI=1S/C19H15N3O/c1-2-8-15(9-3-1)19-22-21-18(23-19)13-20-17-12-6-10-14-7-4-5-11-16(14)17/h1-12,20H,13H2. The van der Waals surface area contributed by atoms with E-state index in [-0.39, 0.29) is 0 Å². The smallest absolute Gasteiger partial charge is 0.247 e. The molecule has 1 heterocycles. The Labute approximate surface area is 133 Å². The molecule has 4 rings (SSSR count). The molecule has 23 heavy (non-hydrogen) atoms. The Morgan fingerprint density at radius 2 is 1.57 bits per heavy atom. The molecule has 0 radical (unpaired) electrons. The Morgan fingerprint density at radius 1 is 0.783 bits per heavy atom. The van der Waals surface area contributed by atoms with Crippen LogP contribution < -0.4 is 5.32 Å². The normalized spacial score (nSPS) is 10.8. The predicted molar refractivity (Wildman–Crippen MR) is 91.0 cm³/mol. The topological polar surface area (TPSA) is 51.0 Å². The van der Waals surface area contributed by atoms with E-state index in [0.29, 0.717) is 18.3 Å². The van der Waals surface area contributed by atoms with Crippen LogP contribution in [0.3, 0.4) is 0 Å². The van der Waals surface area contributed by atoms with Gasteiger partial charge < -0.3 is 9.73 Å². The molecule has 4 heteroatoms. The summed E-state index contributed by atoms with van der Waals surface area (Å²) in [4.78, 5) is 0. The number of anilines is 1. The van der Waals surface area contributed by atoms with Crippen LogP contribution in [0.2, 0.25) is 0 Å². The third kappa shape index (κ3) is 2.79. The fourth-order valence-electron chi connectivity index (χ4n) is 2.57. The average molecular weight is 301 g/mol. The molecule has 0 amide bonds. The number of hydrogen-bond donors (Lipinski definition) is 1. The van der Waals surface area contributed by atoms with Crippen LogP contribution in [0.1, 0.15) is 5.89 Å². The summed E-state index contributed by atoms with van der Waals surface area (Å²) in [6.07, 6.45) is 0. The van der Waals surface area contributed by atoms with Gasteiger partial charge in [0, 0.05) is 16.6 Å². The summed E-state index contributed by atoms with van der Waals surface area (Å²) in [7, 11) is 0. The molecule has 0 aliphatic carbocycles. The van der Waals surface area contributed by atoms with E-state index >= 15 is 0 Å². The van der Waals surface area contributed by atoms with Gasteiger partial charge in [0.15, 0.2) is 0 Å². The molecule has 0 spiro atoms. The fraction of sp³-hybridized carbons (Fsp3) is 0.0526. The number of rotatable bonds is 4. The largest absolute Gasteiger partial charge is 0.419 e. The second-order valence-corrected chi connectivity index (χ2v) is 5.25. The second kappa shape index (κ2) is 5.93.